The highest BCUT2D eigenvalue weighted by atomic mass is 16.6. The Morgan fingerprint density at radius 2 is 2.07 bits per heavy atom. The minimum Gasteiger partial charge on any atom is -0.391 e. The van der Waals surface area contributed by atoms with Gasteiger partial charge in [0.2, 0.25) is 0 Å². The predicted octanol–water partition coefficient (Wildman–Crippen LogP) is 3.38. The summed E-state index contributed by atoms with van der Waals surface area (Å²) in [5, 5.41) is 3.88. The number of oxime groups is 1. The van der Waals surface area contributed by atoms with Gasteiger partial charge in [-0.05, 0) is 18.4 Å². The van der Waals surface area contributed by atoms with E-state index in [0.717, 1.165) is 12.0 Å². The summed E-state index contributed by atoms with van der Waals surface area (Å²) in [5.41, 5.74) is 1.15. The van der Waals surface area contributed by atoms with E-state index in [1.807, 2.05) is 36.5 Å². The molecule has 0 aliphatic rings. The topological polar surface area (TPSA) is 21.6 Å². The van der Waals surface area contributed by atoms with Crippen molar-refractivity contribution in [3.8, 4) is 0 Å². The molecule has 0 saturated carbocycles. The van der Waals surface area contributed by atoms with Crippen molar-refractivity contribution in [3.05, 3.63) is 35.9 Å². The summed E-state index contributed by atoms with van der Waals surface area (Å²) in [6.45, 7) is 2.72. The molecule has 0 spiro atoms. The van der Waals surface area contributed by atoms with Crippen molar-refractivity contribution in [3.63, 3.8) is 0 Å². The Morgan fingerprint density at radius 3 is 2.79 bits per heavy atom. The van der Waals surface area contributed by atoms with Crippen LogP contribution in [0.1, 0.15) is 31.7 Å². The van der Waals surface area contributed by atoms with Crippen LogP contribution in [0.15, 0.2) is 35.5 Å². The standard InChI is InChI=1S/C12H17NO/c1-2-3-7-10-13-14-11-12-8-5-4-6-9-12/h4-6,8-10H,2-3,7,11H2,1H3. The van der Waals surface area contributed by atoms with Crippen LogP contribution >= 0.6 is 0 Å². The zero-order chi connectivity index (χ0) is 10.1. The number of unbranched alkanes of at least 4 members (excludes halogenated alkanes) is 2. The van der Waals surface area contributed by atoms with Gasteiger partial charge in [0, 0.05) is 6.21 Å². The van der Waals surface area contributed by atoms with Gasteiger partial charge in [0.1, 0.15) is 6.61 Å². The predicted molar refractivity (Wildman–Crippen MR) is 59.2 cm³/mol. The highest BCUT2D eigenvalue weighted by Crippen LogP contribution is 2.00. The van der Waals surface area contributed by atoms with E-state index in [1.54, 1.807) is 0 Å². The number of rotatable bonds is 6. The lowest BCUT2D eigenvalue weighted by atomic mass is 10.2. The van der Waals surface area contributed by atoms with Gasteiger partial charge in [-0.1, -0.05) is 48.8 Å². The first-order valence-corrected chi connectivity index (χ1v) is 5.11. The quantitative estimate of drug-likeness (QED) is 0.384. The maximum Gasteiger partial charge on any atom is 0.142 e. The second kappa shape index (κ2) is 7.13. The molecule has 0 aliphatic carbocycles. The Morgan fingerprint density at radius 1 is 1.29 bits per heavy atom. The molecule has 0 atom stereocenters. The summed E-state index contributed by atoms with van der Waals surface area (Å²) < 4.78 is 0. The normalized spacial score (nSPS) is 10.6. The van der Waals surface area contributed by atoms with Crippen molar-refractivity contribution in [2.24, 2.45) is 5.16 Å². The molecule has 1 rings (SSSR count). The van der Waals surface area contributed by atoms with Gasteiger partial charge in [-0.2, -0.15) is 0 Å². The summed E-state index contributed by atoms with van der Waals surface area (Å²) >= 11 is 0. The molecule has 0 heterocycles. The molecule has 1 aromatic carbocycles. The molecule has 0 fully saturated rings. The number of hydrogen-bond donors (Lipinski definition) is 0. The van der Waals surface area contributed by atoms with E-state index < -0.39 is 0 Å². The van der Waals surface area contributed by atoms with Crippen molar-refractivity contribution in [1.82, 2.24) is 0 Å². The highest BCUT2D eigenvalue weighted by Gasteiger charge is 1.88. The molecule has 76 valence electrons. The number of hydrogen-bond acceptors (Lipinski definition) is 2. The SMILES string of the molecule is CCCCC=NOCc1ccccc1. The average Bonchev–Trinajstić information content (AvgIpc) is 2.25. The largest absolute Gasteiger partial charge is 0.391 e. The minimum atomic E-state index is 0.559. The van der Waals surface area contributed by atoms with Crippen LogP contribution < -0.4 is 0 Å². The summed E-state index contributed by atoms with van der Waals surface area (Å²) in [5.74, 6) is 0. The zero-order valence-corrected chi connectivity index (χ0v) is 8.65. The maximum atomic E-state index is 5.14. The van der Waals surface area contributed by atoms with Crippen molar-refractivity contribution >= 4 is 6.21 Å². The van der Waals surface area contributed by atoms with Crippen molar-refractivity contribution in [2.45, 2.75) is 32.8 Å². The van der Waals surface area contributed by atoms with Crippen LogP contribution in [0.4, 0.5) is 0 Å². The van der Waals surface area contributed by atoms with Gasteiger partial charge >= 0.3 is 0 Å². The lowest BCUT2D eigenvalue weighted by Crippen LogP contribution is -1.86. The molecule has 2 nitrogen and oxygen atoms in total. The van der Waals surface area contributed by atoms with Crippen molar-refractivity contribution in [2.75, 3.05) is 0 Å². The van der Waals surface area contributed by atoms with Gasteiger partial charge in [0.25, 0.3) is 0 Å². The van der Waals surface area contributed by atoms with Crippen LogP contribution in [0.5, 0.6) is 0 Å². The Balaban J connectivity index is 2.12. The van der Waals surface area contributed by atoms with Gasteiger partial charge in [-0.25, -0.2) is 0 Å². The van der Waals surface area contributed by atoms with E-state index in [1.165, 1.54) is 12.8 Å². The fourth-order valence-corrected chi connectivity index (χ4v) is 1.09. The molecular weight excluding hydrogens is 174 g/mol. The van der Waals surface area contributed by atoms with Gasteiger partial charge < -0.3 is 4.84 Å². The molecule has 0 N–H and O–H groups in total. The first kappa shape index (κ1) is 10.8. The molecule has 14 heavy (non-hydrogen) atoms. The van der Waals surface area contributed by atoms with Gasteiger partial charge in [-0.15, -0.1) is 0 Å². The third kappa shape index (κ3) is 4.65. The van der Waals surface area contributed by atoms with E-state index in [9.17, 15) is 0 Å². The van der Waals surface area contributed by atoms with E-state index in [-0.39, 0.29) is 0 Å². The van der Waals surface area contributed by atoms with Crippen molar-refractivity contribution in [1.29, 1.82) is 0 Å². The van der Waals surface area contributed by atoms with Crippen LogP contribution in [0.2, 0.25) is 0 Å². The highest BCUT2D eigenvalue weighted by molar-refractivity contribution is 5.56. The van der Waals surface area contributed by atoms with Crippen LogP contribution in [-0.4, -0.2) is 6.21 Å². The second-order valence-electron chi connectivity index (χ2n) is 3.19. The Kier molecular flexibility index (Phi) is 5.48. The van der Waals surface area contributed by atoms with Gasteiger partial charge in [0.15, 0.2) is 0 Å². The molecule has 2 heteroatoms. The monoisotopic (exact) mass is 191 g/mol. The second-order valence-corrected chi connectivity index (χ2v) is 3.19. The number of nitrogens with zero attached hydrogens (tertiary/aromatic N) is 1. The zero-order valence-electron chi connectivity index (χ0n) is 8.65. The molecular formula is C12H17NO. The summed E-state index contributed by atoms with van der Waals surface area (Å²) in [4.78, 5) is 5.14. The third-order valence-corrected chi connectivity index (χ3v) is 1.91. The van der Waals surface area contributed by atoms with Gasteiger partial charge in [0.05, 0.1) is 0 Å². The van der Waals surface area contributed by atoms with E-state index in [0.29, 0.717) is 6.61 Å². The van der Waals surface area contributed by atoms with E-state index in [4.69, 9.17) is 4.84 Å². The maximum absolute atomic E-state index is 5.14. The molecule has 0 bridgehead atoms. The first-order valence-electron chi connectivity index (χ1n) is 5.11. The van der Waals surface area contributed by atoms with Crippen molar-refractivity contribution < 1.29 is 4.84 Å². The Hall–Kier alpha value is -1.31. The smallest absolute Gasteiger partial charge is 0.142 e. The molecule has 1 aromatic rings. The summed E-state index contributed by atoms with van der Waals surface area (Å²) in [6.07, 6.45) is 5.22. The molecule has 0 aromatic heterocycles. The summed E-state index contributed by atoms with van der Waals surface area (Å²) in [6, 6.07) is 10.1. The first-order chi connectivity index (χ1) is 6.93. The lowest BCUT2D eigenvalue weighted by molar-refractivity contribution is 0.131. The molecule has 0 unspecified atom stereocenters. The van der Waals surface area contributed by atoms with E-state index >= 15 is 0 Å². The molecule has 0 amide bonds. The molecule has 0 radical (unpaired) electrons. The third-order valence-electron chi connectivity index (χ3n) is 1.91. The van der Waals surface area contributed by atoms with Crippen LogP contribution in [0.3, 0.4) is 0 Å². The van der Waals surface area contributed by atoms with Crippen LogP contribution in [-0.2, 0) is 11.4 Å². The fraction of sp³-hybridized carbons (Fsp3) is 0.417. The molecule has 0 aliphatic heterocycles. The fourth-order valence-electron chi connectivity index (χ4n) is 1.09. The Bertz CT molecular complexity index is 256. The minimum absolute atomic E-state index is 0.559. The lowest BCUT2D eigenvalue weighted by Gasteiger charge is -1.98. The molecule has 0 saturated heterocycles. The average molecular weight is 191 g/mol. The van der Waals surface area contributed by atoms with E-state index in [2.05, 4.69) is 12.1 Å². The van der Waals surface area contributed by atoms with Gasteiger partial charge in [-0.3, -0.25) is 0 Å². The van der Waals surface area contributed by atoms with Crippen LogP contribution in [0, 0.1) is 0 Å². The Labute approximate surface area is 85.6 Å². The number of benzene rings is 1. The summed E-state index contributed by atoms with van der Waals surface area (Å²) in [7, 11) is 0. The van der Waals surface area contributed by atoms with Crippen LogP contribution in [0.25, 0.3) is 0 Å².